The Morgan fingerprint density at radius 2 is 1.76 bits per heavy atom. The number of nitrogens with one attached hydrogen (secondary N) is 2. The number of aryl methyl sites for hydroxylation is 2. The van der Waals surface area contributed by atoms with Crippen LogP contribution in [0.25, 0.3) is 0 Å². The largest absolute Gasteiger partial charge is 0.444 e. The summed E-state index contributed by atoms with van der Waals surface area (Å²) < 4.78 is 5.25. The Bertz CT molecular complexity index is 920. The minimum absolute atomic E-state index is 0.00629. The predicted octanol–water partition coefficient (Wildman–Crippen LogP) is 2.65. The molecule has 0 aliphatic heterocycles. The molecule has 4 amide bonds. The highest BCUT2D eigenvalue weighted by atomic mass is 16.6. The number of carbonyl (C=O) groups is 4. The lowest BCUT2D eigenvalue weighted by Gasteiger charge is -2.34. The summed E-state index contributed by atoms with van der Waals surface area (Å²) in [5.74, 6) is -1.84. The Balaban J connectivity index is 3.52. The number of nitrogens with zero attached hydrogens (tertiary/aromatic N) is 1. The fourth-order valence-corrected chi connectivity index (χ4v) is 3.38. The Hall–Kier alpha value is -3.36. The van der Waals surface area contributed by atoms with Gasteiger partial charge in [-0.25, -0.2) is 4.79 Å². The first-order valence-corrected chi connectivity index (χ1v) is 11.2. The van der Waals surface area contributed by atoms with Crippen LogP contribution in [0.3, 0.4) is 0 Å². The zero-order chi connectivity index (χ0) is 26.2. The first-order chi connectivity index (χ1) is 15.7. The molecule has 0 fully saturated rings. The second-order valence-corrected chi connectivity index (χ2v) is 9.57. The molecule has 0 aliphatic carbocycles. The van der Waals surface area contributed by atoms with Gasteiger partial charge in [-0.3, -0.25) is 14.4 Å². The van der Waals surface area contributed by atoms with Crippen molar-refractivity contribution in [2.45, 2.75) is 78.6 Å². The number of hydrogen-bond donors (Lipinski definition) is 3. The molecule has 188 valence electrons. The smallest absolute Gasteiger partial charge is 0.408 e. The van der Waals surface area contributed by atoms with Gasteiger partial charge in [0.2, 0.25) is 17.7 Å². The molecule has 2 unspecified atom stereocenters. The minimum atomic E-state index is -1.33. The number of benzene rings is 1. The van der Waals surface area contributed by atoms with Gasteiger partial charge in [0.05, 0.1) is 6.42 Å². The summed E-state index contributed by atoms with van der Waals surface area (Å²) in [5, 5.41) is 5.30. The van der Waals surface area contributed by atoms with E-state index in [0.29, 0.717) is 5.56 Å². The van der Waals surface area contributed by atoms with E-state index < -0.39 is 47.9 Å². The quantitative estimate of drug-likeness (QED) is 0.449. The van der Waals surface area contributed by atoms with Gasteiger partial charge in [-0.2, -0.15) is 0 Å². The highest BCUT2D eigenvalue weighted by Crippen LogP contribution is 2.27. The average Bonchev–Trinajstić information content (AvgIpc) is 2.66. The molecule has 0 radical (unpaired) electrons. The van der Waals surface area contributed by atoms with E-state index in [-0.39, 0.29) is 12.6 Å². The van der Waals surface area contributed by atoms with Gasteiger partial charge in [0.25, 0.3) is 0 Å². The highest BCUT2D eigenvalue weighted by molar-refractivity contribution is 5.94. The number of hydrogen-bond acceptors (Lipinski definition) is 5. The summed E-state index contributed by atoms with van der Waals surface area (Å²) in [4.78, 5) is 52.5. The molecule has 0 aromatic heterocycles. The molecular weight excluding hydrogens is 436 g/mol. The average molecular weight is 475 g/mol. The maximum Gasteiger partial charge on any atom is 0.408 e. The fraction of sp³-hybridized carbons (Fsp3) is 0.520. The van der Waals surface area contributed by atoms with Crippen LogP contribution in [0, 0.1) is 13.8 Å². The van der Waals surface area contributed by atoms with E-state index in [1.165, 1.54) is 11.0 Å². The number of nitrogens with two attached hydrogens (primary N) is 1. The van der Waals surface area contributed by atoms with Crippen molar-refractivity contribution < 1.29 is 23.9 Å². The Morgan fingerprint density at radius 3 is 2.26 bits per heavy atom. The van der Waals surface area contributed by atoms with Crippen LogP contribution < -0.4 is 16.4 Å². The van der Waals surface area contributed by atoms with Crippen LogP contribution in [0.4, 0.5) is 4.79 Å². The minimum Gasteiger partial charge on any atom is -0.444 e. The van der Waals surface area contributed by atoms with Gasteiger partial charge in [-0.1, -0.05) is 29.8 Å². The summed E-state index contributed by atoms with van der Waals surface area (Å²) in [6.07, 6.45) is 0.144. The molecule has 9 heteroatoms. The topological polar surface area (TPSA) is 131 Å². The van der Waals surface area contributed by atoms with Crippen LogP contribution in [-0.4, -0.2) is 52.9 Å². The normalized spacial score (nSPS) is 12.9. The molecule has 34 heavy (non-hydrogen) atoms. The van der Waals surface area contributed by atoms with Crippen molar-refractivity contribution in [2.75, 3.05) is 6.54 Å². The molecule has 1 rings (SSSR count). The molecule has 4 N–H and O–H groups in total. The molecule has 1 aromatic rings. The van der Waals surface area contributed by atoms with Crippen LogP contribution in [0.1, 0.15) is 63.8 Å². The molecule has 0 saturated heterocycles. The van der Waals surface area contributed by atoms with Gasteiger partial charge in [-0.15, -0.1) is 6.58 Å². The lowest BCUT2D eigenvalue weighted by molar-refractivity contribution is -0.142. The zero-order valence-corrected chi connectivity index (χ0v) is 21.2. The SMILES string of the molecule is C=CCN(C(=O)C(CC(N)=O)NC(=O)OC(C)(C)C)C(C(=O)NC(C)C)c1cc(C)ccc1C. The van der Waals surface area contributed by atoms with Crippen molar-refractivity contribution in [3.8, 4) is 0 Å². The monoisotopic (exact) mass is 474 g/mol. The van der Waals surface area contributed by atoms with E-state index in [2.05, 4.69) is 17.2 Å². The summed E-state index contributed by atoms with van der Waals surface area (Å²) >= 11 is 0. The van der Waals surface area contributed by atoms with Crippen LogP contribution >= 0.6 is 0 Å². The number of amides is 4. The first kappa shape index (κ1) is 28.7. The van der Waals surface area contributed by atoms with Gasteiger partial charge in [0.1, 0.15) is 17.7 Å². The second-order valence-electron chi connectivity index (χ2n) is 9.57. The summed E-state index contributed by atoms with van der Waals surface area (Å²) in [6, 6.07) is 3.10. The van der Waals surface area contributed by atoms with Crippen molar-refractivity contribution >= 4 is 23.8 Å². The molecule has 0 spiro atoms. The molecule has 0 aliphatic rings. The summed E-state index contributed by atoms with van der Waals surface area (Å²) in [7, 11) is 0. The third kappa shape index (κ3) is 8.88. The lowest BCUT2D eigenvalue weighted by atomic mass is 9.95. The fourth-order valence-electron chi connectivity index (χ4n) is 3.38. The molecule has 0 saturated carbocycles. The van der Waals surface area contributed by atoms with Crippen molar-refractivity contribution in [1.82, 2.24) is 15.5 Å². The Kier molecular flexibility index (Phi) is 10.3. The summed E-state index contributed by atoms with van der Waals surface area (Å²) in [5.41, 5.74) is 6.90. The number of ether oxygens (including phenoxy) is 1. The van der Waals surface area contributed by atoms with Gasteiger partial charge >= 0.3 is 6.09 Å². The van der Waals surface area contributed by atoms with E-state index in [9.17, 15) is 19.2 Å². The number of carbonyl (C=O) groups excluding carboxylic acids is 4. The van der Waals surface area contributed by atoms with Gasteiger partial charge in [0, 0.05) is 12.6 Å². The Morgan fingerprint density at radius 1 is 1.15 bits per heavy atom. The van der Waals surface area contributed by atoms with Gasteiger partial charge in [-0.05, 0) is 59.6 Å². The van der Waals surface area contributed by atoms with Crippen molar-refractivity contribution in [2.24, 2.45) is 5.73 Å². The highest BCUT2D eigenvalue weighted by Gasteiger charge is 2.37. The van der Waals surface area contributed by atoms with Crippen LogP contribution in [0.2, 0.25) is 0 Å². The van der Waals surface area contributed by atoms with E-state index in [1.54, 1.807) is 20.8 Å². The number of rotatable bonds is 10. The van der Waals surface area contributed by atoms with Crippen molar-refractivity contribution in [3.63, 3.8) is 0 Å². The maximum absolute atomic E-state index is 13.7. The van der Waals surface area contributed by atoms with E-state index in [1.807, 2.05) is 45.9 Å². The molecule has 0 heterocycles. The molecule has 0 bridgehead atoms. The van der Waals surface area contributed by atoms with Gasteiger partial charge in [0.15, 0.2) is 0 Å². The van der Waals surface area contributed by atoms with E-state index >= 15 is 0 Å². The van der Waals surface area contributed by atoms with Crippen LogP contribution in [0.5, 0.6) is 0 Å². The maximum atomic E-state index is 13.7. The van der Waals surface area contributed by atoms with Crippen LogP contribution in [-0.2, 0) is 19.1 Å². The van der Waals surface area contributed by atoms with Crippen molar-refractivity contribution in [3.05, 3.63) is 47.5 Å². The molecule has 2 atom stereocenters. The third-order valence-corrected chi connectivity index (χ3v) is 4.72. The zero-order valence-electron chi connectivity index (χ0n) is 21.2. The van der Waals surface area contributed by atoms with Crippen LogP contribution in [0.15, 0.2) is 30.9 Å². The van der Waals surface area contributed by atoms with E-state index in [4.69, 9.17) is 10.5 Å². The molecule has 9 nitrogen and oxygen atoms in total. The van der Waals surface area contributed by atoms with Gasteiger partial charge < -0.3 is 26.0 Å². The third-order valence-electron chi connectivity index (χ3n) is 4.72. The first-order valence-electron chi connectivity index (χ1n) is 11.2. The lowest BCUT2D eigenvalue weighted by Crippen LogP contribution is -2.54. The molecule has 1 aromatic carbocycles. The number of primary amides is 1. The molecular formula is C25H38N4O5. The second kappa shape index (κ2) is 12.2. The predicted molar refractivity (Wildman–Crippen MR) is 131 cm³/mol. The van der Waals surface area contributed by atoms with Crippen molar-refractivity contribution in [1.29, 1.82) is 0 Å². The number of alkyl carbamates (subject to hydrolysis) is 1. The van der Waals surface area contributed by atoms with E-state index in [0.717, 1.165) is 11.1 Å². The summed E-state index contributed by atoms with van der Waals surface area (Å²) in [6.45, 7) is 16.1. The standard InChI is InChI=1S/C25H38N4O5/c1-9-12-29(23(32)19(14-20(26)30)28-24(33)34-25(6,7)8)21(22(31)27-15(2)3)18-13-16(4)10-11-17(18)5/h9-11,13,15,19,21H,1,12,14H2,2-8H3,(H2,26,30)(H,27,31)(H,28,33). The Labute approximate surface area is 202 Å².